The van der Waals surface area contributed by atoms with Gasteiger partial charge in [0, 0.05) is 59.1 Å². The number of halogens is 4. The van der Waals surface area contributed by atoms with Crippen LogP contribution in [0.25, 0.3) is 11.1 Å². The van der Waals surface area contributed by atoms with Gasteiger partial charge in [-0.05, 0) is 154 Å². The molecule has 8 aromatic carbocycles. The maximum absolute atomic E-state index is 3.78. The van der Waals surface area contributed by atoms with Crippen LogP contribution in [0.2, 0.25) is 0 Å². The number of nitrogens with zero attached hydrogens (tertiary/aromatic N) is 2. The van der Waals surface area contributed by atoms with Crippen molar-refractivity contribution in [2.24, 2.45) is 0 Å². The Labute approximate surface area is 388 Å². The first-order chi connectivity index (χ1) is 29.0. The van der Waals surface area contributed by atoms with Crippen molar-refractivity contribution in [3.8, 4) is 11.1 Å². The monoisotopic (exact) mass is 1040 g/mol. The third-order valence-electron chi connectivity index (χ3n) is 11.5. The van der Waals surface area contributed by atoms with E-state index in [4.69, 9.17) is 0 Å². The van der Waals surface area contributed by atoms with Crippen molar-refractivity contribution < 1.29 is 0 Å². The predicted octanol–water partition coefficient (Wildman–Crippen LogP) is 17.3. The number of anilines is 6. The Morgan fingerprint density at radius 1 is 0.383 bits per heavy atom. The van der Waals surface area contributed by atoms with Gasteiger partial charge in [0.25, 0.3) is 0 Å². The largest absolute Gasteiger partial charge is 0.310 e. The summed E-state index contributed by atoms with van der Waals surface area (Å²) in [5, 5.41) is 1.83. The normalized spacial score (nSPS) is 12.7. The molecule has 0 aromatic heterocycles. The molecular formula is C54H44Br4N2. The van der Waals surface area contributed by atoms with Gasteiger partial charge in [-0.2, -0.15) is 0 Å². The van der Waals surface area contributed by atoms with Crippen LogP contribution in [0.5, 0.6) is 0 Å². The molecule has 0 aliphatic heterocycles. The van der Waals surface area contributed by atoms with Gasteiger partial charge >= 0.3 is 0 Å². The number of fused-ring (bicyclic) bond motifs is 6. The van der Waals surface area contributed by atoms with Crippen LogP contribution in [-0.2, 0) is 28.9 Å². The highest BCUT2D eigenvalue weighted by Gasteiger charge is 2.48. The molecule has 6 heteroatoms. The number of para-hydroxylation sites is 4. The average Bonchev–Trinajstić information content (AvgIpc) is 3.79. The van der Waals surface area contributed by atoms with Gasteiger partial charge in [-0.25, -0.2) is 0 Å². The van der Waals surface area contributed by atoms with E-state index in [2.05, 4.69) is 268 Å². The van der Waals surface area contributed by atoms with Crippen LogP contribution in [-0.4, -0.2) is 0 Å². The molecule has 10 rings (SSSR count). The Morgan fingerprint density at radius 2 is 0.783 bits per heavy atom. The number of hydrogen-bond donors (Lipinski definition) is 0. The van der Waals surface area contributed by atoms with Crippen LogP contribution in [0.3, 0.4) is 0 Å². The fraction of sp³-hybridized carbons (Fsp3) is 0.111. The topological polar surface area (TPSA) is 6.48 Å². The Hall–Kier alpha value is -4.72. The van der Waals surface area contributed by atoms with Crippen molar-refractivity contribution in [3.05, 3.63) is 236 Å². The van der Waals surface area contributed by atoms with Gasteiger partial charge in [0.05, 0.1) is 0 Å². The SMILES string of the molecule is BrCc1ccc(Br)cc1CBr.Brc1ccc2c(c1)CC1(C2)c2cc(N(c3ccccc3)c3ccccc3)ccc2-c2ccc(N(c3ccccc3)c3ccccc3)cc21.C. The van der Waals surface area contributed by atoms with Gasteiger partial charge < -0.3 is 9.80 Å². The summed E-state index contributed by atoms with van der Waals surface area (Å²) in [6, 6.07) is 70.3. The van der Waals surface area contributed by atoms with E-state index in [1.165, 1.54) is 55.9 Å². The van der Waals surface area contributed by atoms with Gasteiger partial charge in [-0.3, -0.25) is 0 Å². The van der Waals surface area contributed by atoms with Gasteiger partial charge in [0.2, 0.25) is 0 Å². The molecule has 0 unspecified atom stereocenters. The first-order valence-electron chi connectivity index (χ1n) is 19.7. The fourth-order valence-corrected chi connectivity index (χ4v) is 10.7. The number of benzene rings is 8. The van der Waals surface area contributed by atoms with Crippen molar-refractivity contribution in [1.82, 2.24) is 0 Å². The molecule has 60 heavy (non-hydrogen) atoms. The molecule has 0 N–H and O–H groups in total. The van der Waals surface area contributed by atoms with E-state index in [9.17, 15) is 0 Å². The number of rotatable bonds is 8. The Kier molecular flexibility index (Phi) is 12.9. The maximum Gasteiger partial charge on any atom is 0.0465 e. The fourth-order valence-electron chi connectivity index (χ4n) is 8.83. The molecule has 0 amide bonds. The zero-order chi connectivity index (χ0) is 40.3. The van der Waals surface area contributed by atoms with Crippen LogP contribution in [0.1, 0.15) is 40.8 Å². The smallest absolute Gasteiger partial charge is 0.0465 e. The van der Waals surface area contributed by atoms with Crippen molar-refractivity contribution in [2.75, 3.05) is 9.80 Å². The van der Waals surface area contributed by atoms with Crippen molar-refractivity contribution in [1.29, 1.82) is 0 Å². The highest BCUT2D eigenvalue weighted by atomic mass is 79.9. The molecule has 1 spiro atoms. The minimum Gasteiger partial charge on any atom is -0.310 e. The molecule has 0 radical (unpaired) electrons. The van der Waals surface area contributed by atoms with E-state index in [0.717, 1.165) is 55.2 Å². The lowest BCUT2D eigenvalue weighted by molar-refractivity contribution is 0.564. The Morgan fingerprint density at radius 3 is 1.22 bits per heavy atom. The zero-order valence-electron chi connectivity index (χ0n) is 32.2. The van der Waals surface area contributed by atoms with E-state index in [0.29, 0.717) is 0 Å². The van der Waals surface area contributed by atoms with E-state index in [1.807, 2.05) is 0 Å². The van der Waals surface area contributed by atoms with Crippen LogP contribution in [0, 0.1) is 0 Å². The minimum atomic E-state index is -0.183. The van der Waals surface area contributed by atoms with E-state index < -0.39 is 0 Å². The second kappa shape index (κ2) is 18.5. The molecule has 2 nitrogen and oxygen atoms in total. The molecule has 0 heterocycles. The molecule has 2 aliphatic rings. The molecule has 8 aromatic rings. The summed E-state index contributed by atoms with van der Waals surface area (Å²) < 4.78 is 2.27. The second-order valence-corrected chi connectivity index (χ2v) is 18.0. The average molecular weight is 1040 g/mol. The molecule has 298 valence electrons. The molecule has 0 fully saturated rings. The van der Waals surface area contributed by atoms with Gasteiger partial charge in [-0.1, -0.05) is 168 Å². The molecule has 0 atom stereocenters. The van der Waals surface area contributed by atoms with Crippen LogP contribution in [0.4, 0.5) is 34.1 Å². The predicted molar refractivity (Wildman–Crippen MR) is 270 cm³/mol. The summed E-state index contributed by atoms with van der Waals surface area (Å²) in [4.78, 5) is 4.77. The highest BCUT2D eigenvalue weighted by Crippen LogP contribution is 2.58. The van der Waals surface area contributed by atoms with Crippen molar-refractivity contribution in [3.63, 3.8) is 0 Å². The Balaban J connectivity index is 0.000000364. The maximum atomic E-state index is 3.78. The number of hydrogen-bond acceptors (Lipinski definition) is 2. The summed E-state index contributed by atoms with van der Waals surface area (Å²) in [5.74, 6) is 0. The van der Waals surface area contributed by atoms with E-state index >= 15 is 0 Å². The van der Waals surface area contributed by atoms with Gasteiger partial charge in [0.15, 0.2) is 0 Å². The summed E-state index contributed by atoms with van der Waals surface area (Å²) in [7, 11) is 0. The summed E-state index contributed by atoms with van der Waals surface area (Å²) >= 11 is 14.1. The summed E-state index contributed by atoms with van der Waals surface area (Å²) in [6.07, 6.45) is 1.93. The zero-order valence-corrected chi connectivity index (χ0v) is 38.6. The van der Waals surface area contributed by atoms with Crippen LogP contribution in [0.15, 0.2) is 203 Å². The first-order valence-corrected chi connectivity index (χ1v) is 23.5. The second-order valence-electron chi connectivity index (χ2n) is 15.0. The third-order valence-corrected chi connectivity index (χ3v) is 13.7. The van der Waals surface area contributed by atoms with Crippen molar-refractivity contribution in [2.45, 2.75) is 36.3 Å². The van der Waals surface area contributed by atoms with Crippen LogP contribution >= 0.6 is 63.7 Å². The lowest BCUT2D eigenvalue weighted by Gasteiger charge is -2.31. The van der Waals surface area contributed by atoms with Gasteiger partial charge in [-0.15, -0.1) is 0 Å². The van der Waals surface area contributed by atoms with Crippen molar-refractivity contribution >= 4 is 97.8 Å². The van der Waals surface area contributed by atoms with E-state index in [-0.39, 0.29) is 12.8 Å². The molecule has 0 saturated carbocycles. The van der Waals surface area contributed by atoms with Crippen LogP contribution < -0.4 is 9.80 Å². The van der Waals surface area contributed by atoms with E-state index in [1.54, 1.807) is 0 Å². The summed E-state index contributed by atoms with van der Waals surface area (Å²) in [5.41, 5.74) is 17.7. The Bertz CT molecular complexity index is 2510. The van der Waals surface area contributed by atoms with Gasteiger partial charge in [0.1, 0.15) is 0 Å². The molecule has 2 aliphatic carbocycles. The molecule has 0 saturated heterocycles. The third kappa shape index (κ3) is 8.20. The minimum absolute atomic E-state index is 0. The lowest BCUT2D eigenvalue weighted by Crippen LogP contribution is -2.26. The molecule has 0 bridgehead atoms. The number of alkyl halides is 2. The lowest BCUT2D eigenvalue weighted by atomic mass is 9.75. The summed E-state index contributed by atoms with van der Waals surface area (Å²) in [6.45, 7) is 0. The first kappa shape index (κ1) is 42.0. The molecular weight excluding hydrogens is 996 g/mol. The standard InChI is InChI=1S/C45H33BrN2.C8H7Br3.CH4/c46-34-22-21-32-30-45(31-33(32)27-34)43-28-39(47(35-13-5-1-6-14-35)36-15-7-2-8-16-36)23-25-41(43)42-26-24-40(29-44(42)45)48(37-17-9-3-10-18-37)38-19-11-4-12-20-38;9-4-6-1-2-8(11)3-7(6)5-10;/h1-29H,30-31H2;1-3H,4-5H2;1H4. The quantitative estimate of drug-likeness (QED) is 0.140. The highest BCUT2D eigenvalue weighted by molar-refractivity contribution is 9.11.